The first kappa shape index (κ1) is 9.52. The molecule has 12 heavy (non-hydrogen) atoms. The zero-order chi connectivity index (χ0) is 8.97. The second kappa shape index (κ2) is 4.45. The first-order valence-electron chi connectivity index (χ1n) is 4.66. The fourth-order valence-electron chi connectivity index (χ4n) is 1.30. The summed E-state index contributed by atoms with van der Waals surface area (Å²) in [5, 5.41) is 2.95. The Morgan fingerprint density at radius 2 is 2.08 bits per heavy atom. The lowest BCUT2D eigenvalue weighted by atomic mass is 10.0. The largest absolute Gasteiger partial charge is 0.377 e. The minimum absolute atomic E-state index is 0.186. The number of carbonyl (C=O) groups is 1. The van der Waals surface area contributed by atoms with Gasteiger partial charge in [-0.3, -0.25) is 4.79 Å². The molecule has 0 spiro atoms. The molecule has 0 radical (unpaired) electrons. The van der Waals surface area contributed by atoms with Gasteiger partial charge >= 0.3 is 0 Å². The van der Waals surface area contributed by atoms with Gasteiger partial charge in [-0.25, -0.2) is 0 Å². The highest BCUT2D eigenvalue weighted by atomic mass is 16.5. The second-order valence-electron chi connectivity index (χ2n) is 3.26. The minimum Gasteiger partial charge on any atom is -0.377 e. The van der Waals surface area contributed by atoms with Crippen molar-refractivity contribution in [1.82, 2.24) is 5.32 Å². The molecule has 0 aliphatic carbocycles. The number of ether oxygens (including phenoxy) is 1. The fraction of sp³-hybridized carbons (Fsp3) is 0.889. The standard InChI is InChI=1S/C9H17NO2/c1-3-7(4-2)9(11)10-8-5-12-6-8/h7-8H,3-6H2,1-2H3,(H,10,11). The minimum atomic E-state index is 0.186. The number of hydrogen-bond acceptors (Lipinski definition) is 2. The maximum atomic E-state index is 11.4. The van der Waals surface area contributed by atoms with Crippen LogP contribution in [0.25, 0.3) is 0 Å². The molecule has 1 heterocycles. The van der Waals surface area contributed by atoms with Crippen LogP contribution in [-0.2, 0) is 9.53 Å². The Bertz CT molecular complexity index is 151. The van der Waals surface area contributed by atoms with E-state index in [9.17, 15) is 4.79 Å². The third-order valence-corrected chi connectivity index (χ3v) is 2.34. The summed E-state index contributed by atoms with van der Waals surface area (Å²) in [6.45, 7) is 5.47. The highest BCUT2D eigenvalue weighted by Gasteiger charge is 2.23. The van der Waals surface area contributed by atoms with Gasteiger partial charge in [0.05, 0.1) is 19.3 Å². The SMILES string of the molecule is CCC(CC)C(=O)NC1COC1. The van der Waals surface area contributed by atoms with Gasteiger partial charge in [-0.05, 0) is 12.8 Å². The van der Waals surface area contributed by atoms with Crippen LogP contribution in [0.1, 0.15) is 26.7 Å². The van der Waals surface area contributed by atoms with Crippen LogP contribution in [0.3, 0.4) is 0 Å². The van der Waals surface area contributed by atoms with Gasteiger partial charge < -0.3 is 10.1 Å². The molecule has 1 rings (SSSR count). The molecule has 70 valence electrons. The van der Waals surface area contributed by atoms with E-state index in [1.54, 1.807) is 0 Å². The molecule has 1 N–H and O–H groups in total. The summed E-state index contributed by atoms with van der Waals surface area (Å²) >= 11 is 0. The lowest BCUT2D eigenvalue weighted by molar-refractivity contribution is -0.129. The van der Waals surface area contributed by atoms with E-state index in [-0.39, 0.29) is 17.9 Å². The van der Waals surface area contributed by atoms with Crippen molar-refractivity contribution in [2.45, 2.75) is 32.7 Å². The van der Waals surface area contributed by atoms with Gasteiger partial charge in [0, 0.05) is 5.92 Å². The zero-order valence-corrected chi connectivity index (χ0v) is 7.80. The van der Waals surface area contributed by atoms with Gasteiger partial charge in [0.1, 0.15) is 0 Å². The van der Waals surface area contributed by atoms with E-state index in [1.165, 1.54) is 0 Å². The molecule has 0 saturated carbocycles. The van der Waals surface area contributed by atoms with E-state index >= 15 is 0 Å². The Morgan fingerprint density at radius 3 is 2.42 bits per heavy atom. The average molecular weight is 171 g/mol. The number of amides is 1. The Labute approximate surface area is 73.5 Å². The van der Waals surface area contributed by atoms with Crippen molar-refractivity contribution in [3.63, 3.8) is 0 Å². The lowest BCUT2D eigenvalue weighted by Crippen LogP contribution is -2.50. The average Bonchev–Trinajstić information content (AvgIpc) is 1.99. The van der Waals surface area contributed by atoms with Crippen molar-refractivity contribution >= 4 is 5.91 Å². The predicted molar refractivity (Wildman–Crippen MR) is 46.8 cm³/mol. The van der Waals surface area contributed by atoms with E-state index in [0.717, 1.165) is 12.8 Å². The van der Waals surface area contributed by atoms with E-state index in [0.29, 0.717) is 13.2 Å². The summed E-state index contributed by atoms with van der Waals surface area (Å²) < 4.78 is 4.97. The fourth-order valence-corrected chi connectivity index (χ4v) is 1.30. The molecule has 1 fully saturated rings. The Hall–Kier alpha value is -0.570. The molecule has 0 unspecified atom stereocenters. The summed E-state index contributed by atoms with van der Waals surface area (Å²) in [6, 6.07) is 0.276. The predicted octanol–water partition coefficient (Wildman–Crippen LogP) is 0.938. The van der Waals surface area contributed by atoms with Crippen molar-refractivity contribution in [2.24, 2.45) is 5.92 Å². The van der Waals surface area contributed by atoms with Crippen molar-refractivity contribution in [3.8, 4) is 0 Å². The van der Waals surface area contributed by atoms with Gasteiger partial charge in [0.25, 0.3) is 0 Å². The quantitative estimate of drug-likeness (QED) is 0.683. The van der Waals surface area contributed by atoms with Crippen LogP contribution in [-0.4, -0.2) is 25.2 Å². The summed E-state index contributed by atoms with van der Waals surface area (Å²) in [6.07, 6.45) is 1.85. The Morgan fingerprint density at radius 1 is 1.50 bits per heavy atom. The molecule has 0 bridgehead atoms. The maximum Gasteiger partial charge on any atom is 0.223 e. The summed E-state index contributed by atoms with van der Waals surface area (Å²) in [5.74, 6) is 0.374. The van der Waals surface area contributed by atoms with E-state index in [4.69, 9.17) is 4.74 Å². The van der Waals surface area contributed by atoms with Gasteiger partial charge in [-0.15, -0.1) is 0 Å². The van der Waals surface area contributed by atoms with Crippen LogP contribution in [0.4, 0.5) is 0 Å². The molecule has 1 saturated heterocycles. The molecule has 0 aromatic rings. The maximum absolute atomic E-state index is 11.4. The second-order valence-corrected chi connectivity index (χ2v) is 3.26. The summed E-state index contributed by atoms with van der Waals surface area (Å²) in [5.41, 5.74) is 0. The molecule has 3 heteroatoms. The highest BCUT2D eigenvalue weighted by molar-refractivity contribution is 5.78. The van der Waals surface area contributed by atoms with Gasteiger partial charge in [-0.1, -0.05) is 13.8 Å². The topological polar surface area (TPSA) is 38.3 Å². The van der Waals surface area contributed by atoms with Crippen molar-refractivity contribution in [2.75, 3.05) is 13.2 Å². The van der Waals surface area contributed by atoms with Gasteiger partial charge in [0.15, 0.2) is 0 Å². The van der Waals surface area contributed by atoms with Crippen molar-refractivity contribution < 1.29 is 9.53 Å². The number of carbonyl (C=O) groups excluding carboxylic acids is 1. The lowest BCUT2D eigenvalue weighted by Gasteiger charge is -2.28. The van der Waals surface area contributed by atoms with Crippen LogP contribution in [0, 0.1) is 5.92 Å². The van der Waals surface area contributed by atoms with Crippen LogP contribution < -0.4 is 5.32 Å². The summed E-state index contributed by atoms with van der Waals surface area (Å²) in [4.78, 5) is 11.4. The van der Waals surface area contributed by atoms with Crippen LogP contribution in [0.5, 0.6) is 0 Å². The molecule has 1 aliphatic heterocycles. The molecule has 0 atom stereocenters. The number of nitrogens with one attached hydrogen (secondary N) is 1. The third kappa shape index (κ3) is 2.21. The van der Waals surface area contributed by atoms with Crippen LogP contribution >= 0.6 is 0 Å². The number of hydrogen-bond donors (Lipinski definition) is 1. The zero-order valence-electron chi connectivity index (χ0n) is 7.80. The first-order chi connectivity index (χ1) is 5.77. The molecule has 0 aromatic heterocycles. The Kier molecular flexibility index (Phi) is 3.53. The van der Waals surface area contributed by atoms with Crippen LogP contribution in [0.15, 0.2) is 0 Å². The normalized spacial score (nSPS) is 17.6. The monoisotopic (exact) mass is 171 g/mol. The smallest absolute Gasteiger partial charge is 0.223 e. The van der Waals surface area contributed by atoms with Gasteiger partial charge in [0.2, 0.25) is 5.91 Å². The van der Waals surface area contributed by atoms with Crippen molar-refractivity contribution in [1.29, 1.82) is 0 Å². The first-order valence-corrected chi connectivity index (χ1v) is 4.66. The third-order valence-electron chi connectivity index (χ3n) is 2.34. The molecular formula is C9H17NO2. The molecule has 0 aromatic carbocycles. The highest BCUT2D eigenvalue weighted by Crippen LogP contribution is 2.09. The molecular weight excluding hydrogens is 154 g/mol. The number of rotatable bonds is 4. The van der Waals surface area contributed by atoms with E-state index in [2.05, 4.69) is 5.32 Å². The van der Waals surface area contributed by atoms with Gasteiger partial charge in [-0.2, -0.15) is 0 Å². The van der Waals surface area contributed by atoms with E-state index < -0.39 is 0 Å². The van der Waals surface area contributed by atoms with E-state index in [1.807, 2.05) is 13.8 Å². The molecule has 3 nitrogen and oxygen atoms in total. The van der Waals surface area contributed by atoms with Crippen molar-refractivity contribution in [3.05, 3.63) is 0 Å². The summed E-state index contributed by atoms with van der Waals surface area (Å²) in [7, 11) is 0. The molecule has 1 amide bonds. The van der Waals surface area contributed by atoms with Crippen LogP contribution in [0.2, 0.25) is 0 Å². The Balaban J connectivity index is 2.24. The molecule has 1 aliphatic rings.